The van der Waals surface area contributed by atoms with Gasteiger partial charge in [0.15, 0.2) is 16.6 Å². The first-order valence-corrected chi connectivity index (χ1v) is 12.9. The lowest BCUT2D eigenvalue weighted by molar-refractivity contribution is 0.0897. The van der Waals surface area contributed by atoms with Crippen molar-refractivity contribution in [3.63, 3.8) is 0 Å². The molecule has 36 heavy (non-hydrogen) atoms. The Bertz CT molecular complexity index is 1250. The van der Waals surface area contributed by atoms with Gasteiger partial charge in [-0.3, -0.25) is 4.79 Å². The second-order valence-electron chi connectivity index (χ2n) is 9.09. The summed E-state index contributed by atoms with van der Waals surface area (Å²) >= 11 is 5.79. The van der Waals surface area contributed by atoms with Crippen molar-refractivity contribution in [2.75, 3.05) is 33.9 Å². The Morgan fingerprint density at radius 2 is 1.94 bits per heavy atom. The molecule has 2 N–H and O–H groups in total. The van der Waals surface area contributed by atoms with Crippen molar-refractivity contribution in [3.05, 3.63) is 69.5 Å². The summed E-state index contributed by atoms with van der Waals surface area (Å²) in [6, 6.07) is 14.1. The van der Waals surface area contributed by atoms with Crippen LogP contribution in [0.2, 0.25) is 0 Å². The molecule has 3 aromatic rings. The van der Waals surface area contributed by atoms with E-state index >= 15 is 0 Å². The number of hydrogen-bond donors (Lipinski definition) is 2. The highest BCUT2D eigenvalue weighted by molar-refractivity contribution is 7.80. The second-order valence-corrected chi connectivity index (χ2v) is 9.47. The maximum Gasteiger partial charge on any atom is 0.253 e. The van der Waals surface area contributed by atoms with Crippen molar-refractivity contribution in [2.45, 2.75) is 45.3 Å². The Labute approximate surface area is 217 Å². The largest absolute Gasteiger partial charge is 0.493 e. The predicted molar refractivity (Wildman–Crippen MR) is 147 cm³/mol. The molecule has 192 valence electrons. The fraction of sp³-hybridized carbons (Fsp3) is 0.429. The molecule has 0 amide bonds. The second kappa shape index (κ2) is 12.2. The summed E-state index contributed by atoms with van der Waals surface area (Å²) in [5, 5.41) is 5.04. The third-order valence-electron chi connectivity index (χ3n) is 6.63. The molecule has 0 bridgehead atoms. The van der Waals surface area contributed by atoms with Gasteiger partial charge >= 0.3 is 0 Å². The van der Waals surface area contributed by atoms with Gasteiger partial charge in [-0.1, -0.05) is 19.1 Å². The van der Waals surface area contributed by atoms with E-state index in [1.807, 2.05) is 30.3 Å². The lowest BCUT2D eigenvalue weighted by Gasteiger charge is -2.28. The number of H-pyrrole nitrogens is 1. The summed E-state index contributed by atoms with van der Waals surface area (Å²) in [5.74, 6) is 1.42. The number of methoxy groups -OCH3 is 2. The molecule has 7 nitrogen and oxygen atoms in total. The van der Waals surface area contributed by atoms with E-state index in [1.165, 1.54) is 5.56 Å². The number of ether oxygens (including phenoxy) is 3. The van der Waals surface area contributed by atoms with Gasteiger partial charge in [0, 0.05) is 30.8 Å². The molecule has 0 saturated carbocycles. The molecule has 2 heterocycles. The normalized spacial score (nSPS) is 15.1. The summed E-state index contributed by atoms with van der Waals surface area (Å²) < 4.78 is 16.6. The Hall–Kier alpha value is -3.10. The summed E-state index contributed by atoms with van der Waals surface area (Å²) in [4.78, 5) is 18.0. The molecule has 8 heteroatoms. The van der Waals surface area contributed by atoms with Crippen LogP contribution in [-0.4, -0.2) is 55.0 Å². The minimum absolute atomic E-state index is 0.0859. The lowest BCUT2D eigenvalue weighted by Crippen LogP contribution is -2.44. The van der Waals surface area contributed by atoms with Crippen molar-refractivity contribution in [1.29, 1.82) is 0 Å². The fourth-order valence-corrected chi connectivity index (χ4v) is 4.80. The van der Waals surface area contributed by atoms with E-state index in [0.717, 1.165) is 48.8 Å². The number of aromatic amines is 1. The van der Waals surface area contributed by atoms with E-state index in [9.17, 15) is 4.79 Å². The molecule has 1 aromatic heterocycles. The van der Waals surface area contributed by atoms with Gasteiger partial charge in [0.25, 0.3) is 5.56 Å². The van der Waals surface area contributed by atoms with E-state index in [0.29, 0.717) is 41.8 Å². The standard InChI is InChI=1S/C28H35N3O4S/c1-4-19-7-9-24-21(14-19)16-22(27(32)30-24)17-31(18-23-6-5-13-35-23)28(36)29-12-11-20-8-10-25(33-2)26(15-20)34-3/h7-10,14-16,23H,4-6,11-13,17-18H2,1-3H3,(H,29,36)(H,30,32). The van der Waals surface area contributed by atoms with Gasteiger partial charge in [-0.25, -0.2) is 0 Å². The molecule has 1 fully saturated rings. The molecular formula is C28H35N3O4S. The number of rotatable bonds is 10. The average Bonchev–Trinajstić information content (AvgIpc) is 3.41. The first-order chi connectivity index (χ1) is 17.5. The van der Waals surface area contributed by atoms with Gasteiger partial charge in [-0.05, 0) is 84.7 Å². The van der Waals surface area contributed by atoms with Gasteiger partial charge < -0.3 is 29.4 Å². The van der Waals surface area contributed by atoms with Crippen molar-refractivity contribution in [3.8, 4) is 11.5 Å². The van der Waals surface area contributed by atoms with Crippen LogP contribution < -0.4 is 20.3 Å². The number of benzene rings is 2. The summed E-state index contributed by atoms with van der Waals surface area (Å²) in [6.07, 6.45) is 3.88. The summed E-state index contributed by atoms with van der Waals surface area (Å²) in [5.41, 5.74) is 3.81. The van der Waals surface area contributed by atoms with Crippen LogP contribution in [0.5, 0.6) is 11.5 Å². The minimum atomic E-state index is -0.0859. The molecule has 0 spiro atoms. The van der Waals surface area contributed by atoms with Gasteiger partial charge in [-0.15, -0.1) is 0 Å². The SMILES string of the molecule is CCc1ccc2[nH]c(=O)c(CN(CC3CCCO3)C(=S)NCCc3ccc(OC)c(OC)c3)cc2c1. The third-order valence-corrected chi connectivity index (χ3v) is 7.03. The summed E-state index contributed by atoms with van der Waals surface area (Å²) in [6.45, 7) is 4.63. The molecule has 2 aromatic carbocycles. The van der Waals surface area contributed by atoms with Crippen LogP contribution in [0.4, 0.5) is 0 Å². The molecule has 0 aliphatic carbocycles. The van der Waals surface area contributed by atoms with Crippen molar-refractivity contribution < 1.29 is 14.2 Å². The number of hydrogen-bond acceptors (Lipinski definition) is 5. The van der Waals surface area contributed by atoms with Gasteiger partial charge in [0.2, 0.25) is 0 Å². The van der Waals surface area contributed by atoms with Gasteiger partial charge in [0.1, 0.15) is 0 Å². The number of nitrogens with one attached hydrogen (secondary N) is 2. The number of pyridine rings is 1. The molecule has 1 aliphatic heterocycles. The zero-order valence-electron chi connectivity index (χ0n) is 21.3. The molecular weight excluding hydrogens is 474 g/mol. The Morgan fingerprint density at radius 1 is 1.14 bits per heavy atom. The highest BCUT2D eigenvalue weighted by Crippen LogP contribution is 2.27. The van der Waals surface area contributed by atoms with Crippen LogP contribution in [-0.2, 0) is 24.1 Å². The zero-order chi connectivity index (χ0) is 25.5. The van der Waals surface area contributed by atoms with Crippen LogP contribution in [0.3, 0.4) is 0 Å². The molecule has 1 saturated heterocycles. The highest BCUT2D eigenvalue weighted by Gasteiger charge is 2.22. The van der Waals surface area contributed by atoms with Crippen LogP contribution in [0.25, 0.3) is 10.9 Å². The molecule has 1 atom stereocenters. The maximum absolute atomic E-state index is 12.9. The van der Waals surface area contributed by atoms with Crippen LogP contribution in [0.15, 0.2) is 47.3 Å². The van der Waals surface area contributed by atoms with Crippen molar-refractivity contribution >= 4 is 28.2 Å². The van der Waals surface area contributed by atoms with Crippen LogP contribution in [0.1, 0.15) is 36.5 Å². The van der Waals surface area contributed by atoms with E-state index in [-0.39, 0.29) is 11.7 Å². The topological polar surface area (TPSA) is 75.8 Å². The third kappa shape index (κ3) is 6.36. The maximum atomic E-state index is 12.9. The first-order valence-electron chi connectivity index (χ1n) is 12.5. The Balaban J connectivity index is 1.47. The minimum Gasteiger partial charge on any atom is -0.493 e. The van der Waals surface area contributed by atoms with Crippen LogP contribution in [0, 0.1) is 0 Å². The number of fused-ring (bicyclic) bond motifs is 1. The van der Waals surface area contributed by atoms with Crippen molar-refractivity contribution in [1.82, 2.24) is 15.2 Å². The van der Waals surface area contributed by atoms with E-state index in [2.05, 4.69) is 34.3 Å². The fourth-order valence-electron chi connectivity index (χ4n) is 4.56. The van der Waals surface area contributed by atoms with Crippen LogP contribution >= 0.6 is 12.2 Å². The highest BCUT2D eigenvalue weighted by atomic mass is 32.1. The molecule has 4 rings (SSSR count). The van der Waals surface area contributed by atoms with E-state index < -0.39 is 0 Å². The lowest BCUT2D eigenvalue weighted by atomic mass is 10.1. The number of aryl methyl sites for hydroxylation is 1. The van der Waals surface area contributed by atoms with Crippen molar-refractivity contribution in [2.24, 2.45) is 0 Å². The number of nitrogens with zero attached hydrogens (tertiary/aromatic N) is 1. The van der Waals surface area contributed by atoms with Gasteiger partial charge in [-0.2, -0.15) is 0 Å². The van der Waals surface area contributed by atoms with E-state index in [1.54, 1.807) is 14.2 Å². The number of thiocarbonyl (C=S) groups is 1. The van der Waals surface area contributed by atoms with Gasteiger partial charge in [0.05, 0.1) is 26.9 Å². The predicted octanol–water partition coefficient (Wildman–Crippen LogP) is 4.21. The number of aromatic nitrogens is 1. The Morgan fingerprint density at radius 3 is 2.67 bits per heavy atom. The molecule has 1 aliphatic rings. The molecule has 0 radical (unpaired) electrons. The zero-order valence-corrected chi connectivity index (χ0v) is 22.1. The average molecular weight is 510 g/mol. The Kier molecular flexibility index (Phi) is 8.83. The summed E-state index contributed by atoms with van der Waals surface area (Å²) in [7, 11) is 3.26. The quantitative estimate of drug-likeness (QED) is 0.397. The smallest absolute Gasteiger partial charge is 0.253 e. The first kappa shape index (κ1) is 26.0. The monoisotopic (exact) mass is 509 g/mol. The van der Waals surface area contributed by atoms with E-state index in [4.69, 9.17) is 26.4 Å². The molecule has 1 unspecified atom stereocenters.